The molecule has 1 rings (SSSR count). The fraction of sp³-hybridized carbons (Fsp3) is 0. The van der Waals surface area contributed by atoms with Crippen molar-refractivity contribution in [2.75, 3.05) is 0 Å². The lowest BCUT2D eigenvalue weighted by atomic mass is 10.7. The fourth-order valence-electron chi connectivity index (χ4n) is 0.505. The number of hydrogen-bond acceptors (Lipinski definition) is 5. The summed E-state index contributed by atoms with van der Waals surface area (Å²) in [4.78, 5) is 9.67. The number of carbonyl (C=O) groups is 1. The lowest BCUT2D eigenvalue weighted by Crippen LogP contribution is -2.02. The van der Waals surface area contributed by atoms with Gasteiger partial charge in [0.1, 0.15) is 0 Å². The molecule has 0 atom stereocenters. The van der Waals surface area contributed by atoms with Crippen LogP contribution >= 0.6 is 0 Å². The Kier molecular flexibility index (Phi) is 1.95. The molecule has 0 N–H and O–H groups in total. The summed E-state index contributed by atoms with van der Waals surface area (Å²) >= 11 is 0. The van der Waals surface area contributed by atoms with Gasteiger partial charge in [-0.2, -0.15) is 8.42 Å². The summed E-state index contributed by atoms with van der Waals surface area (Å²) in [7, 11) is -4.00. The first-order chi connectivity index (χ1) is 5.17. The minimum Gasteiger partial charge on any atom is -0.450 e. The van der Waals surface area contributed by atoms with E-state index in [1.807, 2.05) is 0 Å². The minimum atomic E-state index is -4.00. The Hall–Kier alpha value is -1.30. The van der Waals surface area contributed by atoms with Crippen LogP contribution in [0.2, 0.25) is 0 Å². The summed E-state index contributed by atoms with van der Waals surface area (Å²) in [6, 6.07) is 2.56. The summed E-state index contributed by atoms with van der Waals surface area (Å²) < 4.78 is 29.7. The molecule has 0 saturated carbocycles. The van der Waals surface area contributed by atoms with E-state index in [2.05, 4.69) is 8.60 Å². The van der Waals surface area contributed by atoms with Crippen molar-refractivity contribution in [1.82, 2.24) is 0 Å². The Morgan fingerprint density at radius 2 is 2.27 bits per heavy atom. The maximum Gasteiger partial charge on any atom is 0.375 e. The number of hydrogen-bond donors (Lipinski definition) is 0. The lowest BCUT2D eigenvalue weighted by molar-refractivity contribution is -0.120. The van der Waals surface area contributed by atoms with Crippen molar-refractivity contribution in [2.45, 2.75) is 5.09 Å². The molecule has 60 valence electrons. The molecule has 0 amide bonds. The van der Waals surface area contributed by atoms with Crippen molar-refractivity contribution in [1.29, 1.82) is 0 Å². The molecule has 0 radical (unpaired) electrons. The van der Waals surface area contributed by atoms with Crippen LogP contribution < -0.4 is 0 Å². The highest BCUT2D eigenvalue weighted by atomic mass is 32.2. The third-order valence-corrected chi connectivity index (χ3v) is 1.96. The van der Waals surface area contributed by atoms with Crippen molar-refractivity contribution in [3.8, 4) is 0 Å². The lowest BCUT2D eigenvalue weighted by Gasteiger charge is -1.93. The summed E-state index contributed by atoms with van der Waals surface area (Å²) in [5.41, 5.74) is 0. The van der Waals surface area contributed by atoms with E-state index >= 15 is 0 Å². The summed E-state index contributed by atoms with van der Waals surface area (Å²) in [6.07, 6.45) is 1.17. The molecular formula is C5H4O5S. The van der Waals surface area contributed by atoms with Gasteiger partial charge in [0.05, 0.1) is 6.26 Å². The van der Waals surface area contributed by atoms with Crippen molar-refractivity contribution in [3.05, 3.63) is 18.4 Å². The molecule has 0 unspecified atom stereocenters. The van der Waals surface area contributed by atoms with Crippen LogP contribution in [0.3, 0.4) is 0 Å². The van der Waals surface area contributed by atoms with Crippen molar-refractivity contribution >= 4 is 16.6 Å². The Labute approximate surface area is 62.7 Å². The predicted octanol–water partition coefficient (Wildman–Crippen LogP) is 0.141. The molecule has 5 nitrogen and oxygen atoms in total. The van der Waals surface area contributed by atoms with Gasteiger partial charge < -0.3 is 8.60 Å². The second kappa shape index (κ2) is 2.75. The van der Waals surface area contributed by atoms with Crippen LogP contribution in [0.4, 0.5) is 0 Å². The molecule has 0 aliphatic heterocycles. The third kappa shape index (κ3) is 1.58. The second-order valence-electron chi connectivity index (χ2n) is 1.58. The van der Waals surface area contributed by atoms with Crippen LogP contribution in [0.25, 0.3) is 0 Å². The number of furan rings is 1. The molecule has 1 aromatic rings. The van der Waals surface area contributed by atoms with Gasteiger partial charge in [0.2, 0.25) is 0 Å². The van der Waals surface area contributed by atoms with E-state index in [0.717, 1.165) is 0 Å². The van der Waals surface area contributed by atoms with Gasteiger partial charge in [-0.05, 0) is 12.1 Å². The van der Waals surface area contributed by atoms with Gasteiger partial charge in [-0.25, -0.2) is 0 Å². The maximum absolute atomic E-state index is 10.7. The van der Waals surface area contributed by atoms with Crippen molar-refractivity contribution < 1.29 is 21.8 Å². The van der Waals surface area contributed by atoms with Crippen LogP contribution in [0, 0.1) is 0 Å². The normalized spacial score (nSPS) is 10.9. The van der Waals surface area contributed by atoms with E-state index in [-0.39, 0.29) is 11.6 Å². The van der Waals surface area contributed by atoms with Crippen LogP contribution in [0.5, 0.6) is 0 Å². The van der Waals surface area contributed by atoms with E-state index in [9.17, 15) is 13.2 Å². The maximum atomic E-state index is 10.7. The molecule has 0 aromatic carbocycles. The highest BCUT2D eigenvalue weighted by molar-refractivity contribution is 7.86. The van der Waals surface area contributed by atoms with Gasteiger partial charge in [0, 0.05) is 0 Å². The Morgan fingerprint density at radius 3 is 2.73 bits per heavy atom. The average molecular weight is 176 g/mol. The minimum absolute atomic E-state index is 0.169. The molecule has 0 fully saturated rings. The zero-order valence-corrected chi connectivity index (χ0v) is 6.08. The average Bonchev–Trinajstić information content (AvgIpc) is 2.37. The summed E-state index contributed by atoms with van der Waals surface area (Å²) in [5, 5.41) is -0.385. The Balaban J connectivity index is 3.01. The first-order valence-electron chi connectivity index (χ1n) is 2.57. The van der Waals surface area contributed by atoms with E-state index in [4.69, 9.17) is 0 Å². The first kappa shape index (κ1) is 7.80. The Bertz CT molecular complexity index is 322. The topological polar surface area (TPSA) is 73.6 Å². The molecule has 0 bridgehead atoms. The van der Waals surface area contributed by atoms with Crippen LogP contribution in [0.15, 0.2) is 27.9 Å². The Morgan fingerprint density at radius 1 is 1.55 bits per heavy atom. The van der Waals surface area contributed by atoms with Gasteiger partial charge >= 0.3 is 16.6 Å². The molecule has 1 heterocycles. The van der Waals surface area contributed by atoms with E-state index in [0.29, 0.717) is 0 Å². The first-order valence-corrected chi connectivity index (χ1v) is 3.98. The monoisotopic (exact) mass is 176 g/mol. The zero-order chi connectivity index (χ0) is 8.32. The second-order valence-corrected chi connectivity index (χ2v) is 3.08. The largest absolute Gasteiger partial charge is 0.450 e. The number of carbonyl (C=O) groups excluding carboxylic acids is 1. The molecular weight excluding hydrogens is 172 g/mol. The zero-order valence-electron chi connectivity index (χ0n) is 5.26. The van der Waals surface area contributed by atoms with Crippen molar-refractivity contribution in [3.63, 3.8) is 0 Å². The third-order valence-electron chi connectivity index (χ3n) is 0.907. The van der Waals surface area contributed by atoms with E-state index in [1.165, 1.54) is 18.4 Å². The van der Waals surface area contributed by atoms with Crippen LogP contribution in [-0.4, -0.2) is 14.9 Å². The molecule has 0 aliphatic rings. The summed E-state index contributed by atoms with van der Waals surface area (Å²) in [6.45, 7) is -0.169. The van der Waals surface area contributed by atoms with Crippen molar-refractivity contribution in [2.24, 2.45) is 0 Å². The molecule has 11 heavy (non-hydrogen) atoms. The smallest absolute Gasteiger partial charge is 0.375 e. The van der Waals surface area contributed by atoms with Crippen LogP contribution in [-0.2, 0) is 19.1 Å². The predicted molar refractivity (Wildman–Crippen MR) is 33.0 cm³/mol. The van der Waals surface area contributed by atoms with Gasteiger partial charge in [-0.15, -0.1) is 0 Å². The SMILES string of the molecule is O=COS(=O)(=O)c1ccco1. The van der Waals surface area contributed by atoms with Gasteiger partial charge in [-0.1, -0.05) is 0 Å². The quantitative estimate of drug-likeness (QED) is 0.483. The summed E-state index contributed by atoms with van der Waals surface area (Å²) in [5.74, 6) is 0. The standard InChI is InChI=1S/C5H4O5S/c6-4-10-11(7,8)5-2-1-3-9-5/h1-4H. The number of rotatable bonds is 3. The van der Waals surface area contributed by atoms with Gasteiger partial charge in [0.15, 0.2) is 0 Å². The molecule has 0 spiro atoms. The van der Waals surface area contributed by atoms with Gasteiger partial charge in [0.25, 0.3) is 5.09 Å². The molecule has 0 aliphatic carbocycles. The van der Waals surface area contributed by atoms with Crippen LogP contribution in [0.1, 0.15) is 0 Å². The van der Waals surface area contributed by atoms with E-state index in [1.54, 1.807) is 0 Å². The molecule has 0 saturated heterocycles. The van der Waals surface area contributed by atoms with E-state index < -0.39 is 10.1 Å². The molecule has 6 heteroatoms. The highest BCUT2D eigenvalue weighted by Crippen LogP contribution is 2.10. The fourth-order valence-corrected chi connectivity index (χ4v) is 1.12. The highest BCUT2D eigenvalue weighted by Gasteiger charge is 2.17. The van der Waals surface area contributed by atoms with Gasteiger partial charge in [-0.3, -0.25) is 4.79 Å². The molecule has 1 aromatic heterocycles.